The van der Waals surface area contributed by atoms with E-state index in [1.807, 2.05) is 72.8 Å². The van der Waals surface area contributed by atoms with Gasteiger partial charge in [0.15, 0.2) is 0 Å². The van der Waals surface area contributed by atoms with Crippen LogP contribution in [0.3, 0.4) is 0 Å². The molecule has 1 heterocycles. The van der Waals surface area contributed by atoms with E-state index in [1.54, 1.807) is 6.08 Å². The maximum Gasteiger partial charge on any atom is 0.368 e. The molecule has 3 heteroatoms. The van der Waals surface area contributed by atoms with Gasteiger partial charge in [0.2, 0.25) is 0 Å². The standard InChI is InChI=1S/C18H13NO2/c20-18-16(13-7-10-14-8-3-1-4-9-14)17(19-21-18)15-11-5-2-6-12-15/h1-13H/b10-7+,16-13-. The van der Waals surface area contributed by atoms with Crippen molar-refractivity contribution in [2.75, 3.05) is 0 Å². The molecular formula is C18H13NO2. The minimum absolute atomic E-state index is 0.424. The summed E-state index contributed by atoms with van der Waals surface area (Å²) in [5, 5.41) is 3.86. The van der Waals surface area contributed by atoms with Gasteiger partial charge in [-0.15, -0.1) is 0 Å². The molecule has 0 bridgehead atoms. The van der Waals surface area contributed by atoms with E-state index < -0.39 is 5.97 Å². The van der Waals surface area contributed by atoms with Crippen molar-refractivity contribution in [2.24, 2.45) is 5.16 Å². The van der Waals surface area contributed by atoms with Crippen molar-refractivity contribution in [3.05, 3.63) is 89.5 Å². The third-order valence-corrected chi connectivity index (χ3v) is 3.09. The largest absolute Gasteiger partial charge is 0.368 e. The molecule has 0 atom stereocenters. The van der Waals surface area contributed by atoms with Gasteiger partial charge >= 0.3 is 5.97 Å². The fourth-order valence-electron chi connectivity index (χ4n) is 2.05. The van der Waals surface area contributed by atoms with Crippen LogP contribution in [-0.4, -0.2) is 11.7 Å². The summed E-state index contributed by atoms with van der Waals surface area (Å²) in [6.45, 7) is 0. The molecule has 1 aliphatic rings. The third-order valence-electron chi connectivity index (χ3n) is 3.09. The normalized spacial score (nSPS) is 16.3. The molecule has 2 aromatic carbocycles. The number of hydrogen-bond donors (Lipinski definition) is 0. The van der Waals surface area contributed by atoms with Crippen molar-refractivity contribution in [3.8, 4) is 0 Å². The van der Waals surface area contributed by atoms with Crippen LogP contribution in [0.4, 0.5) is 0 Å². The number of benzene rings is 2. The lowest BCUT2D eigenvalue weighted by Gasteiger charge is -1.98. The van der Waals surface area contributed by atoms with Crippen LogP contribution in [0, 0.1) is 0 Å². The van der Waals surface area contributed by atoms with Crippen LogP contribution in [0.5, 0.6) is 0 Å². The van der Waals surface area contributed by atoms with Gasteiger partial charge in [-0.1, -0.05) is 78.0 Å². The van der Waals surface area contributed by atoms with Crippen LogP contribution in [0.1, 0.15) is 11.1 Å². The van der Waals surface area contributed by atoms with Crippen LogP contribution in [0.25, 0.3) is 6.08 Å². The van der Waals surface area contributed by atoms with Gasteiger partial charge in [-0.2, -0.15) is 0 Å². The number of nitrogens with zero attached hydrogens (tertiary/aromatic N) is 1. The Hall–Kier alpha value is -2.94. The quantitative estimate of drug-likeness (QED) is 0.634. The second-order valence-corrected chi connectivity index (χ2v) is 4.53. The van der Waals surface area contributed by atoms with E-state index in [2.05, 4.69) is 5.16 Å². The third kappa shape index (κ3) is 2.98. The Kier molecular flexibility index (Phi) is 3.74. The Morgan fingerprint density at radius 3 is 2.29 bits per heavy atom. The van der Waals surface area contributed by atoms with E-state index in [1.165, 1.54) is 0 Å². The second-order valence-electron chi connectivity index (χ2n) is 4.53. The molecule has 2 aromatic rings. The summed E-state index contributed by atoms with van der Waals surface area (Å²) in [5.41, 5.74) is 2.97. The maximum atomic E-state index is 11.8. The SMILES string of the molecule is O=C1ON=C(c2ccccc2)/C1=C/C=C/c1ccccc1. The number of hydrogen-bond acceptors (Lipinski definition) is 3. The summed E-state index contributed by atoms with van der Waals surface area (Å²) >= 11 is 0. The average molecular weight is 275 g/mol. The zero-order valence-corrected chi connectivity index (χ0v) is 11.3. The van der Waals surface area contributed by atoms with Gasteiger partial charge in [-0.25, -0.2) is 4.79 Å². The van der Waals surface area contributed by atoms with Gasteiger partial charge < -0.3 is 4.84 Å². The van der Waals surface area contributed by atoms with Crippen molar-refractivity contribution < 1.29 is 9.63 Å². The van der Waals surface area contributed by atoms with Gasteiger partial charge in [0.1, 0.15) is 5.71 Å². The van der Waals surface area contributed by atoms with Crippen molar-refractivity contribution in [3.63, 3.8) is 0 Å². The number of carbonyl (C=O) groups excluding carboxylic acids is 1. The Balaban J connectivity index is 1.86. The lowest BCUT2D eigenvalue weighted by atomic mass is 10.0. The predicted octanol–water partition coefficient (Wildman–Crippen LogP) is 3.59. The Morgan fingerprint density at radius 2 is 1.57 bits per heavy atom. The molecule has 0 saturated carbocycles. The molecule has 3 nitrogen and oxygen atoms in total. The molecule has 102 valence electrons. The van der Waals surface area contributed by atoms with Crippen molar-refractivity contribution >= 4 is 17.8 Å². The van der Waals surface area contributed by atoms with Crippen molar-refractivity contribution in [1.29, 1.82) is 0 Å². The summed E-state index contributed by atoms with van der Waals surface area (Å²) in [4.78, 5) is 16.5. The van der Waals surface area contributed by atoms with Crippen molar-refractivity contribution in [1.82, 2.24) is 0 Å². The molecule has 3 rings (SSSR count). The van der Waals surface area contributed by atoms with Crippen molar-refractivity contribution in [2.45, 2.75) is 0 Å². The lowest BCUT2D eigenvalue weighted by molar-refractivity contribution is -0.136. The molecule has 21 heavy (non-hydrogen) atoms. The molecule has 0 radical (unpaired) electrons. The van der Waals surface area contributed by atoms with Crippen LogP contribution in [-0.2, 0) is 9.63 Å². The molecule has 0 amide bonds. The van der Waals surface area contributed by atoms with Crippen LogP contribution < -0.4 is 0 Å². The highest BCUT2D eigenvalue weighted by atomic mass is 16.7. The minimum atomic E-state index is -0.424. The van der Waals surface area contributed by atoms with Crippen LogP contribution >= 0.6 is 0 Å². The number of rotatable bonds is 3. The maximum absolute atomic E-state index is 11.8. The average Bonchev–Trinajstić information content (AvgIpc) is 2.91. The summed E-state index contributed by atoms with van der Waals surface area (Å²) in [6.07, 6.45) is 5.49. The predicted molar refractivity (Wildman–Crippen MR) is 82.6 cm³/mol. The monoisotopic (exact) mass is 275 g/mol. The number of carbonyl (C=O) groups is 1. The topological polar surface area (TPSA) is 38.7 Å². The first kappa shape index (κ1) is 13.1. The fourth-order valence-corrected chi connectivity index (χ4v) is 2.05. The molecule has 0 aliphatic carbocycles. The summed E-state index contributed by atoms with van der Waals surface area (Å²) in [5.74, 6) is -0.424. The molecule has 0 unspecified atom stereocenters. The molecule has 1 aliphatic heterocycles. The second kappa shape index (κ2) is 6.01. The van der Waals surface area contributed by atoms with E-state index in [0.29, 0.717) is 11.3 Å². The first-order valence-corrected chi connectivity index (χ1v) is 6.63. The molecule has 0 fully saturated rings. The highest BCUT2D eigenvalue weighted by Gasteiger charge is 2.25. The summed E-state index contributed by atoms with van der Waals surface area (Å²) in [7, 11) is 0. The Bertz CT molecular complexity index is 728. The number of oxime groups is 1. The van der Waals surface area contributed by atoms with Gasteiger partial charge in [-0.05, 0) is 11.6 Å². The zero-order valence-electron chi connectivity index (χ0n) is 11.3. The van der Waals surface area contributed by atoms with Gasteiger partial charge in [0.25, 0.3) is 0 Å². The molecule has 0 spiro atoms. The first-order valence-electron chi connectivity index (χ1n) is 6.63. The van der Waals surface area contributed by atoms with Gasteiger partial charge in [0, 0.05) is 5.56 Å². The minimum Gasteiger partial charge on any atom is -0.312 e. The number of allylic oxidation sites excluding steroid dienone is 2. The molecule has 0 N–H and O–H groups in total. The molecule has 0 saturated heterocycles. The first-order chi connectivity index (χ1) is 10.3. The van der Waals surface area contributed by atoms with E-state index in [4.69, 9.17) is 4.84 Å². The Morgan fingerprint density at radius 1 is 0.905 bits per heavy atom. The smallest absolute Gasteiger partial charge is 0.312 e. The Labute approximate surface area is 122 Å². The van der Waals surface area contributed by atoms with E-state index in [9.17, 15) is 4.79 Å². The molecule has 0 aromatic heterocycles. The van der Waals surface area contributed by atoms with Crippen LogP contribution in [0.2, 0.25) is 0 Å². The zero-order chi connectivity index (χ0) is 14.5. The van der Waals surface area contributed by atoms with Gasteiger partial charge in [-0.3, -0.25) is 0 Å². The van der Waals surface area contributed by atoms with Gasteiger partial charge in [0.05, 0.1) is 5.57 Å². The van der Waals surface area contributed by atoms with E-state index >= 15 is 0 Å². The van der Waals surface area contributed by atoms with E-state index in [0.717, 1.165) is 11.1 Å². The highest BCUT2D eigenvalue weighted by Crippen LogP contribution is 2.18. The van der Waals surface area contributed by atoms with E-state index in [-0.39, 0.29) is 0 Å². The molecular weight excluding hydrogens is 262 g/mol. The fraction of sp³-hybridized carbons (Fsp3) is 0. The highest BCUT2D eigenvalue weighted by molar-refractivity contribution is 6.29. The lowest BCUT2D eigenvalue weighted by Crippen LogP contribution is -2.06. The van der Waals surface area contributed by atoms with Crippen LogP contribution in [0.15, 0.2) is 83.5 Å². The summed E-state index contributed by atoms with van der Waals surface area (Å²) < 4.78 is 0. The summed E-state index contributed by atoms with van der Waals surface area (Å²) in [6, 6.07) is 19.4.